The maximum absolute atomic E-state index is 12.6. The molecule has 0 heterocycles. The second kappa shape index (κ2) is 29.3. The maximum atomic E-state index is 12.6. The van der Waals surface area contributed by atoms with E-state index in [2.05, 4.69) is 77.0 Å². The summed E-state index contributed by atoms with van der Waals surface area (Å²) < 4.78 is 9.53. The zero-order chi connectivity index (χ0) is 32.7. The minimum absolute atomic E-state index is 0.226. The van der Waals surface area contributed by atoms with E-state index in [9.17, 15) is 29.4 Å². The van der Waals surface area contributed by atoms with Crippen molar-refractivity contribution < 1.29 is 38.9 Å². The number of hydrogen-bond acceptors (Lipinski definition) is 8. The van der Waals surface area contributed by atoms with Gasteiger partial charge in [-0.3, -0.25) is 9.59 Å². The summed E-state index contributed by atoms with van der Waals surface area (Å²) in [5.74, 6) is -2.14. The predicted molar refractivity (Wildman–Crippen MR) is 172 cm³/mol. The number of carbonyl (C=O) groups is 4. The molecule has 0 aromatic carbocycles. The van der Waals surface area contributed by atoms with Crippen LogP contribution >= 0.6 is 0 Å². The van der Waals surface area contributed by atoms with Gasteiger partial charge in [0, 0.05) is 25.1 Å². The van der Waals surface area contributed by atoms with Gasteiger partial charge >= 0.3 is 11.9 Å². The number of nitrogens with one attached hydrogen (secondary N) is 2. The van der Waals surface area contributed by atoms with Crippen LogP contribution in [0.3, 0.4) is 0 Å². The van der Waals surface area contributed by atoms with Gasteiger partial charge in [0.05, 0.1) is 20.3 Å². The van der Waals surface area contributed by atoms with Crippen LogP contribution in [0.1, 0.15) is 77.6 Å². The number of carbonyl (C=O) groups excluding carboxylic acids is 4. The molecule has 2 amide bonds. The monoisotopic (exact) mass is 616 g/mol. The largest absolute Gasteiger partial charge is 0.466 e. The lowest BCUT2D eigenvalue weighted by atomic mass is 10.1. The molecule has 0 saturated heterocycles. The molecule has 0 aromatic heterocycles. The van der Waals surface area contributed by atoms with Crippen molar-refractivity contribution in [3.63, 3.8) is 0 Å². The topological polar surface area (TPSA) is 151 Å². The van der Waals surface area contributed by atoms with E-state index in [-0.39, 0.29) is 18.7 Å². The Balaban J connectivity index is 4.41. The SMILES string of the molecule is CCC=CCC=CCC=CCC=CCC=CCCCC(=O)NC(CCCCNC(=O)C=CC(=O)OC)C(=O)OC(CO)CO. The molecular weight excluding hydrogens is 564 g/mol. The number of amides is 2. The van der Waals surface area contributed by atoms with Crippen LogP contribution in [0.25, 0.3) is 0 Å². The Morgan fingerprint density at radius 2 is 1.32 bits per heavy atom. The Hall–Kier alpha value is -3.76. The van der Waals surface area contributed by atoms with Gasteiger partial charge in [-0.05, 0) is 64.2 Å². The standard InChI is InChI=1S/C34H52N2O8/c1-3-4-5-6-7-8-9-10-11-12-13-14-15-16-17-18-19-23-32(40)36-30(34(42)44-29(27-37)28-38)22-20-21-26-35-31(39)24-25-33(41)43-2/h4-5,7-8,10-11,13-14,16-17,24-25,29-30,37-38H,3,6,9,12,15,18-23,26-28H2,1-2H3,(H,35,39)(H,36,40). The Kier molecular flexibility index (Phi) is 26.8. The van der Waals surface area contributed by atoms with Gasteiger partial charge in [0.2, 0.25) is 11.8 Å². The van der Waals surface area contributed by atoms with Gasteiger partial charge in [0.1, 0.15) is 12.1 Å². The van der Waals surface area contributed by atoms with Crippen molar-refractivity contribution in [3.8, 4) is 0 Å². The number of allylic oxidation sites excluding steroid dienone is 10. The first-order valence-corrected chi connectivity index (χ1v) is 15.4. The quantitative estimate of drug-likeness (QED) is 0.0513. The van der Waals surface area contributed by atoms with Crippen molar-refractivity contribution in [1.82, 2.24) is 10.6 Å². The number of rotatable bonds is 25. The number of hydrogen-bond donors (Lipinski definition) is 4. The van der Waals surface area contributed by atoms with Crippen molar-refractivity contribution in [3.05, 3.63) is 72.9 Å². The van der Waals surface area contributed by atoms with Crippen molar-refractivity contribution >= 4 is 23.8 Å². The summed E-state index contributed by atoms with van der Waals surface area (Å²) in [5.41, 5.74) is 0. The third kappa shape index (κ3) is 24.8. The molecular formula is C34H52N2O8. The first-order valence-electron chi connectivity index (χ1n) is 15.4. The maximum Gasteiger partial charge on any atom is 0.330 e. The molecule has 0 aliphatic rings. The van der Waals surface area contributed by atoms with Gasteiger partial charge in [0.25, 0.3) is 0 Å². The molecule has 44 heavy (non-hydrogen) atoms. The normalized spacial score (nSPS) is 12.8. The highest BCUT2D eigenvalue weighted by molar-refractivity contribution is 5.94. The van der Waals surface area contributed by atoms with Crippen molar-refractivity contribution in [2.24, 2.45) is 0 Å². The van der Waals surface area contributed by atoms with E-state index in [4.69, 9.17) is 4.74 Å². The number of ether oxygens (including phenoxy) is 2. The molecule has 1 atom stereocenters. The number of aliphatic hydroxyl groups excluding tert-OH is 2. The van der Waals surface area contributed by atoms with Crippen LogP contribution in [0.5, 0.6) is 0 Å². The summed E-state index contributed by atoms with van der Waals surface area (Å²) in [6.07, 6.45) is 29.8. The lowest BCUT2D eigenvalue weighted by Crippen LogP contribution is -2.44. The molecule has 0 fully saturated rings. The average molecular weight is 617 g/mol. The third-order valence-corrected chi connectivity index (χ3v) is 6.03. The molecule has 0 aromatic rings. The number of unbranched alkanes of at least 4 members (excludes halogenated alkanes) is 2. The highest BCUT2D eigenvalue weighted by Crippen LogP contribution is 2.07. The van der Waals surface area contributed by atoms with Crippen molar-refractivity contribution in [1.29, 1.82) is 0 Å². The minimum atomic E-state index is -1.07. The molecule has 0 saturated carbocycles. The van der Waals surface area contributed by atoms with Crippen molar-refractivity contribution in [2.75, 3.05) is 26.9 Å². The average Bonchev–Trinajstić information content (AvgIpc) is 3.02. The zero-order valence-electron chi connectivity index (χ0n) is 26.3. The fourth-order valence-corrected chi connectivity index (χ4v) is 3.60. The Morgan fingerprint density at radius 1 is 0.750 bits per heavy atom. The van der Waals surface area contributed by atoms with Crippen molar-refractivity contribution in [2.45, 2.75) is 89.7 Å². The third-order valence-electron chi connectivity index (χ3n) is 6.03. The van der Waals surface area contributed by atoms with E-state index in [0.29, 0.717) is 25.8 Å². The van der Waals surface area contributed by atoms with E-state index in [1.807, 2.05) is 6.08 Å². The van der Waals surface area contributed by atoms with E-state index in [1.54, 1.807) is 0 Å². The molecule has 0 rings (SSSR count). The second-order valence-corrected chi connectivity index (χ2v) is 9.79. The fraction of sp³-hybridized carbons (Fsp3) is 0.529. The van der Waals surface area contributed by atoms with Crippen LogP contribution in [0.4, 0.5) is 0 Å². The van der Waals surface area contributed by atoms with E-state index in [1.165, 1.54) is 7.11 Å². The number of methoxy groups -OCH3 is 1. The Labute approximate surface area is 262 Å². The number of aliphatic hydroxyl groups is 2. The van der Waals surface area contributed by atoms with Gasteiger partial charge in [-0.15, -0.1) is 0 Å². The summed E-state index contributed by atoms with van der Waals surface area (Å²) in [4.78, 5) is 47.8. The minimum Gasteiger partial charge on any atom is -0.466 e. The van der Waals surface area contributed by atoms with Gasteiger partial charge < -0.3 is 30.3 Å². The summed E-state index contributed by atoms with van der Waals surface area (Å²) in [5, 5.41) is 23.8. The molecule has 0 radical (unpaired) electrons. The molecule has 4 N–H and O–H groups in total. The summed E-state index contributed by atoms with van der Waals surface area (Å²) in [7, 11) is 1.21. The van der Waals surface area contributed by atoms with Crippen LogP contribution in [0.2, 0.25) is 0 Å². The molecule has 1 unspecified atom stereocenters. The van der Waals surface area contributed by atoms with Crippen LogP contribution in [0.15, 0.2) is 72.9 Å². The van der Waals surface area contributed by atoms with Gasteiger partial charge in [-0.25, -0.2) is 9.59 Å². The summed E-state index contributed by atoms with van der Waals surface area (Å²) in [6.45, 7) is 1.34. The fourth-order valence-electron chi connectivity index (χ4n) is 3.60. The van der Waals surface area contributed by atoms with Crippen LogP contribution in [-0.2, 0) is 28.7 Å². The predicted octanol–water partition coefficient (Wildman–Crippen LogP) is 4.31. The van der Waals surface area contributed by atoms with Gasteiger partial charge in [-0.2, -0.15) is 0 Å². The van der Waals surface area contributed by atoms with Gasteiger partial charge in [0.15, 0.2) is 0 Å². The highest BCUT2D eigenvalue weighted by Gasteiger charge is 2.24. The Bertz CT molecular complexity index is 978. The lowest BCUT2D eigenvalue weighted by Gasteiger charge is -2.20. The smallest absolute Gasteiger partial charge is 0.330 e. The lowest BCUT2D eigenvalue weighted by molar-refractivity contribution is -0.157. The zero-order valence-corrected chi connectivity index (χ0v) is 26.3. The van der Waals surface area contributed by atoms with Crippen LogP contribution in [-0.4, -0.2) is 73.0 Å². The first kappa shape index (κ1) is 40.2. The summed E-state index contributed by atoms with van der Waals surface area (Å²) >= 11 is 0. The van der Waals surface area contributed by atoms with E-state index < -0.39 is 43.2 Å². The second-order valence-electron chi connectivity index (χ2n) is 9.79. The van der Waals surface area contributed by atoms with Gasteiger partial charge in [-0.1, -0.05) is 67.7 Å². The summed E-state index contributed by atoms with van der Waals surface area (Å²) in [6, 6.07) is -0.952. The molecule has 10 heteroatoms. The van der Waals surface area contributed by atoms with E-state index in [0.717, 1.165) is 50.7 Å². The molecule has 246 valence electrons. The molecule has 0 bridgehead atoms. The first-order chi connectivity index (χ1) is 21.4. The highest BCUT2D eigenvalue weighted by atomic mass is 16.6. The number of esters is 2. The van der Waals surface area contributed by atoms with Crippen LogP contribution in [0, 0.1) is 0 Å². The Morgan fingerprint density at radius 3 is 1.86 bits per heavy atom. The molecule has 0 aliphatic carbocycles. The molecule has 0 aliphatic heterocycles. The van der Waals surface area contributed by atoms with E-state index >= 15 is 0 Å². The van der Waals surface area contributed by atoms with Crippen LogP contribution < -0.4 is 10.6 Å². The molecule has 0 spiro atoms. The molecule has 10 nitrogen and oxygen atoms in total.